The Bertz CT molecular complexity index is 622. The van der Waals surface area contributed by atoms with Crippen LogP contribution in [-0.2, 0) is 9.59 Å². The Morgan fingerprint density at radius 1 is 1.14 bits per heavy atom. The molecule has 2 N–H and O–H groups in total. The van der Waals surface area contributed by atoms with Crippen LogP contribution < -0.4 is 5.32 Å². The molecule has 1 unspecified atom stereocenters. The Labute approximate surface area is 130 Å². The van der Waals surface area contributed by atoms with Crippen LogP contribution >= 0.6 is 0 Å². The van der Waals surface area contributed by atoms with Gasteiger partial charge < -0.3 is 10.5 Å². The second-order valence-corrected chi connectivity index (χ2v) is 6.63. The summed E-state index contributed by atoms with van der Waals surface area (Å²) >= 11 is 0. The Hall–Kier alpha value is -1.72. The molecule has 118 valence electrons. The molecule has 1 amide bonds. The molecule has 0 saturated carbocycles. The minimum atomic E-state index is -0.801. The highest BCUT2D eigenvalue weighted by atomic mass is 16.5. The highest BCUT2D eigenvalue weighted by molar-refractivity contribution is 6.17. The molecule has 0 radical (unpaired) electrons. The minimum absolute atomic E-state index is 0.0411. The first-order valence-corrected chi connectivity index (χ1v) is 7.72. The summed E-state index contributed by atoms with van der Waals surface area (Å²) in [7, 11) is 0. The van der Waals surface area contributed by atoms with E-state index in [2.05, 4.69) is 5.32 Å². The highest BCUT2D eigenvalue weighted by Gasteiger charge is 2.54. The highest BCUT2D eigenvalue weighted by Crippen LogP contribution is 2.38. The van der Waals surface area contributed by atoms with Crippen molar-refractivity contribution in [1.29, 1.82) is 0 Å². The molecule has 2 heterocycles. The molecule has 1 aromatic carbocycles. The van der Waals surface area contributed by atoms with Gasteiger partial charge in [-0.1, -0.05) is 17.7 Å². The number of amides is 1. The first-order chi connectivity index (χ1) is 10.3. The van der Waals surface area contributed by atoms with E-state index in [1.807, 2.05) is 32.9 Å². The number of Topliss-reactive ketones (excluding diaryl/α,β-unsaturated/α-hetero) is 1. The Kier molecular flexibility index (Phi) is 3.57. The number of carbonyl (C=O) groups excluding carboxylic acids is 2. The van der Waals surface area contributed by atoms with Gasteiger partial charge in [-0.3, -0.25) is 9.59 Å². The van der Waals surface area contributed by atoms with E-state index >= 15 is 0 Å². The zero-order valence-corrected chi connectivity index (χ0v) is 13.3. The van der Waals surface area contributed by atoms with Gasteiger partial charge in [0.05, 0.1) is 0 Å². The zero-order valence-electron chi connectivity index (χ0n) is 13.3. The predicted molar refractivity (Wildman–Crippen MR) is 81.9 cm³/mol. The summed E-state index contributed by atoms with van der Waals surface area (Å²) in [4.78, 5) is 25.5. The summed E-state index contributed by atoms with van der Waals surface area (Å²) in [6, 6.07) is 4.04. The minimum Gasteiger partial charge on any atom is -0.343 e. The first-order valence-electron chi connectivity index (χ1n) is 7.72. The van der Waals surface area contributed by atoms with Crippen molar-refractivity contribution in [3.05, 3.63) is 34.4 Å². The SMILES string of the molecule is Cc1cc(C)c(C2C(=O)NC3(CCN(O)CC3)C2=O)c(C)c1. The van der Waals surface area contributed by atoms with Crippen LogP contribution in [0.4, 0.5) is 0 Å². The van der Waals surface area contributed by atoms with Gasteiger partial charge in [-0.25, -0.2) is 0 Å². The van der Waals surface area contributed by atoms with Gasteiger partial charge in [-0.15, -0.1) is 0 Å². The van der Waals surface area contributed by atoms with Crippen molar-refractivity contribution in [3.8, 4) is 0 Å². The molecular weight excluding hydrogens is 280 g/mol. The summed E-state index contributed by atoms with van der Waals surface area (Å²) in [5.74, 6) is -0.960. The maximum absolute atomic E-state index is 13.0. The van der Waals surface area contributed by atoms with Gasteiger partial charge in [-0.05, 0) is 50.3 Å². The molecule has 0 aromatic heterocycles. The smallest absolute Gasteiger partial charge is 0.235 e. The number of nitrogens with zero attached hydrogens (tertiary/aromatic N) is 1. The van der Waals surface area contributed by atoms with Crippen LogP contribution in [-0.4, -0.2) is 40.6 Å². The van der Waals surface area contributed by atoms with E-state index in [0.717, 1.165) is 22.3 Å². The summed E-state index contributed by atoms with van der Waals surface area (Å²) < 4.78 is 0. The number of ketones is 1. The fourth-order valence-electron chi connectivity index (χ4n) is 3.92. The second kappa shape index (κ2) is 5.18. The van der Waals surface area contributed by atoms with Crippen molar-refractivity contribution in [3.63, 3.8) is 0 Å². The Morgan fingerprint density at radius 2 is 1.68 bits per heavy atom. The van der Waals surface area contributed by atoms with E-state index in [-0.39, 0.29) is 11.7 Å². The molecule has 5 heteroatoms. The molecule has 2 fully saturated rings. The van der Waals surface area contributed by atoms with Crippen LogP contribution in [0.2, 0.25) is 0 Å². The molecule has 2 saturated heterocycles. The van der Waals surface area contributed by atoms with E-state index in [1.165, 1.54) is 5.06 Å². The number of aryl methyl sites for hydroxylation is 3. The monoisotopic (exact) mass is 302 g/mol. The standard InChI is InChI=1S/C17H22N2O3/c1-10-8-11(2)13(12(3)9-10)14-15(20)17(18-16(14)21)4-6-19(22)7-5-17/h8-9,14,22H,4-7H2,1-3H3,(H,18,21). The number of hydroxylamine groups is 2. The van der Waals surface area contributed by atoms with E-state index in [4.69, 9.17) is 0 Å². The molecule has 3 rings (SSSR count). The van der Waals surface area contributed by atoms with Crippen molar-refractivity contribution in [1.82, 2.24) is 10.4 Å². The average Bonchev–Trinajstić information content (AvgIpc) is 2.66. The van der Waals surface area contributed by atoms with Gasteiger partial charge in [0.1, 0.15) is 11.5 Å². The van der Waals surface area contributed by atoms with Crippen molar-refractivity contribution < 1.29 is 14.8 Å². The summed E-state index contributed by atoms with van der Waals surface area (Å²) in [6.07, 6.45) is 0.934. The first kappa shape index (κ1) is 15.2. The van der Waals surface area contributed by atoms with Crippen molar-refractivity contribution >= 4 is 11.7 Å². The lowest BCUT2D eigenvalue weighted by Gasteiger charge is -2.35. The Balaban J connectivity index is 2.00. The molecule has 0 aliphatic carbocycles. The van der Waals surface area contributed by atoms with E-state index in [9.17, 15) is 14.8 Å². The molecule has 2 aliphatic rings. The lowest BCUT2D eigenvalue weighted by Crippen LogP contribution is -2.54. The van der Waals surface area contributed by atoms with Gasteiger partial charge in [0, 0.05) is 13.1 Å². The molecule has 1 spiro atoms. The fraction of sp³-hybridized carbons (Fsp3) is 0.529. The summed E-state index contributed by atoms with van der Waals surface area (Å²) in [6.45, 7) is 6.74. The zero-order chi connectivity index (χ0) is 16.1. The van der Waals surface area contributed by atoms with Gasteiger partial charge >= 0.3 is 0 Å². The number of hydrogen-bond donors (Lipinski definition) is 2. The largest absolute Gasteiger partial charge is 0.343 e. The number of benzene rings is 1. The van der Waals surface area contributed by atoms with Crippen LogP contribution in [0.1, 0.15) is 41.0 Å². The lowest BCUT2D eigenvalue weighted by molar-refractivity contribution is -0.137. The fourth-order valence-corrected chi connectivity index (χ4v) is 3.92. The van der Waals surface area contributed by atoms with Gasteiger partial charge in [0.25, 0.3) is 0 Å². The normalized spacial score (nSPS) is 24.8. The number of piperidine rings is 1. The van der Waals surface area contributed by atoms with Crippen LogP contribution in [0.15, 0.2) is 12.1 Å². The Morgan fingerprint density at radius 3 is 2.23 bits per heavy atom. The summed E-state index contributed by atoms with van der Waals surface area (Å²) in [5, 5.41) is 13.7. The third kappa shape index (κ3) is 2.25. The molecule has 1 atom stereocenters. The number of hydrogen-bond acceptors (Lipinski definition) is 4. The van der Waals surface area contributed by atoms with Gasteiger partial charge in [-0.2, -0.15) is 5.06 Å². The van der Waals surface area contributed by atoms with Crippen LogP contribution in [0.5, 0.6) is 0 Å². The second-order valence-electron chi connectivity index (χ2n) is 6.63. The topological polar surface area (TPSA) is 69.6 Å². The summed E-state index contributed by atoms with van der Waals surface area (Å²) in [5.41, 5.74) is 3.15. The maximum atomic E-state index is 13.0. The maximum Gasteiger partial charge on any atom is 0.235 e. The van der Waals surface area contributed by atoms with E-state index in [1.54, 1.807) is 0 Å². The number of carbonyl (C=O) groups is 2. The predicted octanol–water partition coefficient (Wildman–Crippen LogP) is 1.62. The molecule has 2 aliphatic heterocycles. The number of rotatable bonds is 1. The van der Waals surface area contributed by atoms with Crippen LogP contribution in [0.25, 0.3) is 0 Å². The van der Waals surface area contributed by atoms with Gasteiger partial charge in [0.2, 0.25) is 5.91 Å². The molecule has 0 bridgehead atoms. The van der Waals surface area contributed by atoms with Crippen LogP contribution in [0.3, 0.4) is 0 Å². The van der Waals surface area contributed by atoms with Crippen molar-refractivity contribution in [2.75, 3.05) is 13.1 Å². The van der Waals surface area contributed by atoms with Gasteiger partial charge in [0.15, 0.2) is 5.78 Å². The van der Waals surface area contributed by atoms with E-state index < -0.39 is 11.5 Å². The molecule has 5 nitrogen and oxygen atoms in total. The lowest BCUT2D eigenvalue weighted by atomic mass is 9.79. The number of nitrogens with one attached hydrogen (secondary N) is 1. The molecule has 1 aromatic rings. The van der Waals surface area contributed by atoms with Crippen molar-refractivity contribution in [2.24, 2.45) is 0 Å². The van der Waals surface area contributed by atoms with Crippen molar-refractivity contribution in [2.45, 2.75) is 45.1 Å². The third-order valence-corrected chi connectivity index (χ3v) is 4.98. The quantitative estimate of drug-likeness (QED) is 0.773. The third-order valence-electron chi connectivity index (χ3n) is 4.98. The molecular formula is C17H22N2O3. The van der Waals surface area contributed by atoms with Crippen LogP contribution in [0, 0.1) is 20.8 Å². The van der Waals surface area contributed by atoms with E-state index in [0.29, 0.717) is 25.9 Å². The molecule has 22 heavy (non-hydrogen) atoms. The average molecular weight is 302 g/mol.